The Morgan fingerprint density at radius 2 is 1.86 bits per heavy atom. The van der Waals surface area contributed by atoms with Crippen molar-refractivity contribution in [2.24, 2.45) is 0 Å². The highest BCUT2D eigenvalue weighted by Gasteiger charge is 2.48. The smallest absolute Gasteiger partial charge is 0.262 e. The number of hydrogen-bond acceptors (Lipinski definition) is 7. The minimum atomic E-state index is -0.684. The number of hydrazine groups is 1. The van der Waals surface area contributed by atoms with Gasteiger partial charge in [-0.15, -0.1) is 26.9 Å². The van der Waals surface area contributed by atoms with Crippen LogP contribution in [0.3, 0.4) is 0 Å². The van der Waals surface area contributed by atoms with Crippen LogP contribution in [0.2, 0.25) is 5.02 Å². The number of benzene rings is 2. The highest BCUT2D eigenvalue weighted by atomic mass is 35.5. The van der Waals surface area contributed by atoms with Gasteiger partial charge in [-0.05, 0) is 23.8 Å². The van der Waals surface area contributed by atoms with Gasteiger partial charge in [0, 0.05) is 5.02 Å². The fraction of sp³-hybridized carbons (Fsp3) is 0.167. The molecule has 0 spiro atoms. The van der Waals surface area contributed by atoms with Gasteiger partial charge in [0.2, 0.25) is 5.13 Å². The molecule has 0 saturated carbocycles. The number of alkyl halides is 1. The van der Waals surface area contributed by atoms with Crippen LogP contribution in [-0.2, 0) is 11.3 Å². The van der Waals surface area contributed by atoms with E-state index in [1.165, 1.54) is 16.3 Å². The number of nitrogens with zero attached hydrogens (tertiary/aromatic N) is 6. The lowest BCUT2D eigenvalue weighted by Gasteiger charge is -2.44. The number of halogens is 2. The second-order valence-electron chi connectivity index (χ2n) is 6.42. The van der Waals surface area contributed by atoms with Crippen molar-refractivity contribution in [3.63, 3.8) is 0 Å². The van der Waals surface area contributed by atoms with Gasteiger partial charge in [0.1, 0.15) is 21.9 Å². The lowest BCUT2D eigenvalue weighted by Crippen LogP contribution is -2.58. The summed E-state index contributed by atoms with van der Waals surface area (Å²) >= 11 is 13.9. The molecule has 29 heavy (non-hydrogen) atoms. The van der Waals surface area contributed by atoms with Crippen molar-refractivity contribution < 1.29 is 4.79 Å². The summed E-state index contributed by atoms with van der Waals surface area (Å²) in [4.78, 5) is 12.3. The van der Waals surface area contributed by atoms with E-state index in [2.05, 4.69) is 25.9 Å². The van der Waals surface area contributed by atoms with Crippen LogP contribution in [0.5, 0.6) is 0 Å². The SMILES string of the molecule is O=C1C(Cl)C(c2ccccc2Cl)N1Nc1nnc(Cn2nnc3ccccc32)s1. The first-order valence-electron chi connectivity index (χ1n) is 8.70. The van der Waals surface area contributed by atoms with Gasteiger partial charge in [-0.25, -0.2) is 9.69 Å². The highest BCUT2D eigenvalue weighted by molar-refractivity contribution is 7.15. The largest absolute Gasteiger partial charge is 0.271 e. The molecule has 1 aliphatic rings. The van der Waals surface area contributed by atoms with Crippen molar-refractivity contribution in [1.29, 1.82) is 0 Å². The molecule has 1 amide bonds. The zero-order valence-electron chi connectivity index (χ0n) is 14.7. The van der Waals surface area contributed by atoms with E-state index in [4.69, 9.17) is 23.2 Å². The zero-order valence-corrected chi connectivity index (χ0v) is 17.1. The first-order valence-corrected chi connectivity index (χ1v) is 10.3. The van der Waals surface area contributed by atoms with Crippen LogP contribution in [0.4, 0.5) is 5.13 Å². The highest BCUT2D eigenvalue weighted by Crippen LogP contribution is 2.41. The van der Waals surface area contributed by atoms with Crippen molar-refractivity contribution in [2.45, 2.75) is 18.0 Å². The molecule has 4 aromatic rings. The Balaban J connectivity index is 1.34. The first kappa shape index (κ1) is 18.3. The number of carbonyl (C=O) groups is 1. The molecule has 2 atom stereocenters. The van der Waals surface area contributed by atoms with Crippen LogP contribution in [0.15, 0.2) is 48.5 Å². The molecule has 1 N–H and O–H groups in total. The number of β-lactam (4-membered cyclic amide) rings is 1. The topological polar surface area (TPSA) is 88.8 Å². The number of carbonyl (C=O) groups excluding carboxylic acids is 1. The Labute approximate surface area is 179 Å². The van der Waals surface area contributed by atoms with Crippen molar-refractivity contribution in [3.8, 4) is 0 Å². The molecule has 11 heteroatoms. The average molecular weight is 446 g/mol. The Hall–Kier alpha value is -2.75. The second kappa shape index (κ2) is 7.25. The first-order chi connectivity index (χ1) is 14.1. The van der Waals surface area contributed by atoms with E-state index < -0.39 is 5.38 Å². The Kier molecular flexibility index (Phi) is 4.57. The van der Waals surface area contributed by atoms with Crippen LogP contribution < -0.4 is 5.43 Å². The van der Waals surface area contributed by atoms with E-state index in [0.29, 0.717) is 16.7 Å². The van der Waals surface area contributed by atoms with Gasteiger partial charge in [-0.1, -0.05) is 58.5 Å². The standard InChI is InChI=1S/C18H13Cl2N7OS/c19-11-6-2-1-5-10(11)16-15(20)17(28)27(16)24-18-23-22-14(29-18)9-26-13-8-4-3-7-12(13)21-25-26/h1-8,15-16H,9H2,(H,23,24). The third-order valence-electron chi connectivity index (χ3n) is 4.64. The lowest BCUT2D eigenvalue weighted by molar-refractivity contribution is -0.143. The second-order valence-corrected chi connectivity index (χ2v) is 8.36. The number of aromatic nitrogens is 5. The summed E-state index contributed by atoms with van der Waals surface area (Å²) in [5.74, 6) is -0.240. The van der Waals surface area contributed by atoms with Crippen LogP contribution in [-0.4, -0.2) is 41.5 Å². The van der Waals surface area contributed by atoms with Gasteiger partial charge in [0.15, 0.2) is 0 Å². The Morgan fingerprint density at radius 3 is 2.72 bits per heavy atom. The Morgan fingerprint density at radius 1 is 1.07 bits per heavy atom. The molecule has 2 unspecified atom stereocenters. The Bertz CT molecular complexity index is 1210. The van der Waals surface area contributed by atoms with Crippen LogP contribution in [0.25, 0.3) is 11.0 Å². The third kappa shape index (κ3) is 3.21. The van der Waals surface area contributed by atoms with E-state index in [-0.39, 0.29) is 11.9 Å². The van der Waals surface area contributed by atoms with Crippen molar-refractivity contribution in [2.75, 3.05) is 5.43 Å². The van der Waals surface area contributed by atoms with Gasteiger partial charge in [-0.2, -0.15) is 0 Å². The molecular weight excluding hydrogens is 433 g/mol. The fourth-order valence-corrected chi connectivity index (χ4v) is 4.54. The number of hydrogen-bond donors (Lipinski definition) is 1. The van der Waals surface area contributed by atoms with Crippen LogP contribution in [0, 0.1) is 0 Å². The average Bonchev–Trinajstić information content (AvgIpc) is 3.36. The van der Waals surface area contributed by atoms with Gasteiger partial charge in [0.05, 0.1) is 12.1 Å². The van der Waals surface area contributed by atoms with Crippen molar-refractivity contribution in [3.05, 3.63) is 64.1 Å². The molecule has 3 heterocycles. The van der Waals surface area contributed by atoms with Gasteiger partial charge < -0.3 is 0 Å². The molecule has 1 aliphatic heterocycles. The number of anilines is 1. The van der Waals surface area contributed by atoms with E-state index in [1.807, 2.05) is 42.5 Å². The van der Waals surface area contributed by atoms with E-state index >= 15 is 0 Å². The van der Waals surface area contributed by atoms with Gasteiger partial charge >= 0.3 is 0 Å². The monoisotopic (exact) mass is 445 g/mol. The number of fused-ring (bicyclic) bond motifs is 1. The number of rotatable bonds is 5. The summed E-state index contributed by atoms with van der Waals surface area (Å²) in [6.45, 7) is 0.430. The number of amides is 1. The summed E-state index contributed by atoms with van der Waals surface area (Å²) in [5, 5.41) is 19.1. The van der Waals surface area contributed by atoms with Crippen molar-refractivity contribution in [1.82, 2.24) is 30.2 Å². The maximum absolute atomic E-state index is 12.3. The van der Waals surface area contributed by atoms with E-state index in [1.54, 1.807) is 10.7 Å². The molecule has 2 aromatic carbocycles. The molecular formula is C18H13Cl2N7OS. The normalized spacial score (nSPS) is 18.8. The summed E-state index contributed by atoms with van der Waals surface area (Å²) in [6, 6.07) is 14.6. The molecule has 5 rings (SSSR count). The van der Waals surface area contributed by atoms with Gasteiger partial charge in [-0.3, -0.25) is 10.2 Å². The van der Waals surface area contributed by atoms with Gasteiger partial charge in [0.25, 0.3) is 5.91 Å². The quantitative estimate of drug-likeness (QED) is 0.373. The molecule has 1 saturated heterocycles. The van der Waals surface area contributed by atoms with Crippen LogP contribution >= 0.6 is 34.5 Å². The van der Waals surface area contributed by atoms with Crippen molar-refractivity contribution >= 4 is 56.6 Å². The number of para-hydroxylation sites is 1. The molecule has 8 nitrogen and oxygen atoms in total. The predicted octanol–water partition coefficient (Wildman–Crippen LogP) is 3.50. The minimum absolute atomic E-state index is 0.240. The predicted molar refractivity (Wildman–Crippen MR) is 111 cm³/mol. The molecule has 146 valence electrons. The molecule has 1 fully saturated rings. The third-order valence-corrected chi connectivity index (χ3v) is 6.22. The maximum atomic E-state index is 12.3. The summed E-state index contributed by atoms with van der Waals surface area (Å²) in [5.41, 5.74) is 5.52. The minimum Gasteiger partial charge on any atom is -0.271 e. The number of nitrogens with one attached hydrogen (secondary N) is 1. The molecule has 0 radical (unpaired) electrons. The van der Waals surface area contributed by atoms with E-state index in [9.17, 15) is 4.79 Å². The zero-order chi connectivity index (χ0) is 20.0. The summed E-state index contributed by atoms with van der Waals surface area (Å²) in [7, 11) is 0. The van der Waals surface area contributed by atoms with Crippen LogP contribution in [0.1, 0.15) is 16.6 Å². The molecule has 0 bridgehead atoms. The van der Waals surface area contributed by atoms with E-state index in [0.717, 1.165) is 21.6 Å². The molecule has 2 aromatic heterocycles. The maximum Gasteiger partial charge on any atom is 0.262 e. The summed E-state index contributed by atoms with van der Waals surface area (Å²) in [6.07, 6.45) is 0. The lowest BCUT2D eigenvalue weighted by atomic mass is 9.95. The fourth-order valence-electron chi connectivity index (χ4n) is 3.22. The molecule has 0 aliphatic carbocycles. The summed E-state index contributed by atoms with van der Waals surface area (Å²) < 4.78 is 1.76.